The minimum Gasteiger partial charge on any atom is -0.123 e. The number of hydrogen-bond donors (Lipinski definition) is 0. The third kappa shape index (κ3) is 3.25. The van der Waals surface area contributed by atoms with Crippen LogP contribution in [0.4, 0.5) is 0 Å². The van der Waals surface area contributed by atoms with E-state index in [1.165, 1.54) is 36.8 Å². The van der Waals surface area contributed by atoms with Crippen molar-refractivity contribution in [2.45, 2.75) is 50.8 Å². The van der Waals surface area contributed by atoms with Crippen LogP contribution in [0.1, 0.15) is 43.2 Å². The molecule has 0 aliphatic heterocycles. The smallest absolute Gasteiger partial charge is 0.0367 e. The first-order chi connectivity index (χ1) is 7.75. The molecule has 88 valence electrons. The summed E-state index contributed by atoms with van der Waals surface area (Å²) in [5, 5.41) is 0.392. The molecule has 2 rings (SSSR count). The number of hydrogen-bond acceptors (Lipinski definition) is 0. The second kappa shape index (κ2) is 5.72. The van der Waals surface area contributed by atoms with Crippen molar-refractivity contribution >= 4 is 11.6 Å². The Hall–Kier alpha value is -0.490. The summed E-state index contributed by atoms with van der Waals surface area (Å²) in [7, 11) is 0. The summed E-state index contributed by atoms with van der Waals surface area (Å²) < 4.78 is 0. The summed E-state index contributed by atoms with van der Waals surface area (Å²) in [4.78, 5) is 0. The van der Waals surface area contributed by atoms with Gasteiger partial charge in [0.25, 0.3) is 0 Å². The van der Waals surface area contributed by atoms with E-state index in [4.69, 9.17) is 11.6 Å². The number of benzene rings is 1. The van der Waals surface area contributed by atoms with Crippen LogP contribution in [0.2, 0.25) is 0 Å². The molecule has 0 spiro atoms. The van der Waals surface area contributed by atoms with Gasteiger partial charge in [-0.1, -0.05) is 42.7 Å². The average Bonchev–Trinajstić information content (AvgIpc) is 2.81. The van der Waals surface area contributed by atoms with E-state index >= 15 is 0 Å². The van der Waals surface area contributed by atoms with Crippen molar-refractivity contribution in [1.29, 1.82) is 0 Å². The van der Waals surface area contributed by atoms with Crippen LogP contribution in [-0.4, -0.2) is 5.38 Å². The zero-order valence-corrected chi connectivity index (χ0v) is 10.8. The molecule has 0 N–H and O–H groups in total. The first-order valence-electron chi connectivity index (χ1n) is 6.45. The Morgan fingerprint density at radius 1 is 1.19 bits per heavy atom. The second-order valence-electron chi connectivity index (χ2n) is 5.08. The number of aryl methyl sites for hydroxylation is 2. The van der Waals surface area contributed by atoms with E-state index in [0.29, 0.717) is 5.38 Å². The van der Waals surface area contributed by atoms with Gasteiger partial charge in [0.1, 0.15) is 0 Å². The summed E-state index contributed by atoms with van der Waals surface area (Å²) in [6.45, 7) is 2.13. The molecule has 0 bridgehead atoms. The van der Waals surface area contributed by atoms with E-state index in [0.717, 1.165) is 18.8 Å². The molecule has 1 saturated carbocycles. The highest BCUT2D eigenvalue weighted by Crippen LogP contribution is 2.32. The maximum absolute atomic E-state index is 6.47. The maximum Gasteiger partial charge on any atom is 0.0367 e. The Kier molecular flexibility index (Phi) is 4.29. The van der Waals surface area contributed by atoms with Gasteiger partial charge in [0.05, 0.1) is 0 Å². The molecule has 0 radical (unpaired) electrons. The van der Waals surface area contributed by atoms with Gasteiger partial charge in [0.2, 0.25) is 0 Å². The number of halogens is 1. The molecule has 16 heavy (non-hydrogen) atoms. The minimum absolute atomic E-state index is 0.392. The number of rotatable bonds is 4. The molecule has 1 unspecified atom stereocenters. The Balaban J connectivity index is 1.80. The molecule has 1 aromatic carbocycles. The molecule has 0 saturated heterocycles. The molecule has 0 amide bonds. The maximum atomic E-state index is 6.47. The lowest BCUT2D eigenvalue weighted by atomic mass is 9.97. The van der Waals surface area contributed by atoms with Crippen molar-refractivity contribution in [3.05, 3.63) is 35.4 Å². The van der Waals surface area contributed by atoms with Crippen LogP contribution in [0.25, 0.3) is 0 Å². The van der Waals surface area contributed by atoms with E-state index in [1.807, 2.05) is 0 Å². The predicted molar refractivity (Wildman–Crippen MR) is 71.1 cm³/mol. The van der Waals surface area contributed by atoms with E-state index < -0.39 is 0 Å². The molecule has 0 nitrogen and oxygen atoms in total. The first kappa shape index (κ1) is 12.0. The summed E-state index contributed by atoms with van der Waals surface area (Å²) in [5.41, 5.74) is 2.76. The van der Waals surface area contributed by atoms with Crippen LogP contribution in [-0.2, 0) is 6.42 Å². The van der Waals surface area contributed by atoms with Crippen LogP contribution < -0.4 is 0 Å². The van der Waals surface area contributed by atoms with E-state index in [-0.39, 0.29) is 0 Å². The molecular weight excluding hydrogens is 216 g/mol. The molecule has 1 aromatic rings. The third-order valence-electron chi connectivity index (χ3n) is 3.74. The SMILES string of the molecule is Cc1ccc(CCC(Cl)C2CCCC2)cc1. The van der Waals surface area contributed by atoms with Crippen molar-refractivity contribution in [2.75, 3.05) is 0 Å². The zero-order chi connectivity index (χ0) is 11.4. The lowest BCUT2D eigenvalue weighted by molar-refractivity contribution is 0.492. The van der Waals surface area contributed by atoms with Crippen LogP contribution in [0.3, 0.4) is 0 Å². The summed E-state index contributed by atoms with van der Waals surface area (Å²) >= 11 is 6.47. The topological polar surface area (TPSA) is 0 Å². The molecule has 1 heteroatoms. The first-order valence-corrected chi connectivity index (χ1v) is 6.89. The van der Waals surface area contributed by atoms with E-state index in [1.54, 1.807) is 0 Å². The molecule has 1 atom stereocenters. The fraction of sp³-hybridized carbons (Fsp3) is 0.600. The third-order valence-corrected chi connectivity index (χ3v) is 4.32. The number of alkyl halides is 1. The van der Waals surface area contributed by atoms with Gasteiger partial charge in [-0.15, -0.1) is 11.6 Å². The van der Waals surface area contributed by atoms with Crippen LogP contribution in [0.5, 0.6) is 0 Å². The van der Waals surface area contributed by atoms with Gasteiger partial charge < -0.3 is 0 Å². The summed E-state index contributed by atoms with van der Waals surface area (Å²) in [6.07, 6.45) is 7.74. The molecular formula is C15H21Cl. The predicted octanol–water partition coefficient (Wildman–Crippen LogP) is 4.73. The van der Waals surface area contributed by atoms with Gasteiger partial charge >= 0.3 is 0 Å². The molecule has 0 heterocycles. The Bertz CT molecular complexity index is 309. The Morgan fingerprint density at radius 3 is 2.44 bits per heavy atom. The van der Waals surface area contributed by atoms with Crippen molar-refractivity contribution in [3.8, 4) is 0 Å². The van der Waals surface area contributed by atoms with Crippen molar-refractivity contribution in [3.63, 3.8) is 0 Å². The molecule has 0 aromatic heterocycles. The van der Waals surface area contributed by atoms with Crippen molar-refractivity contribution < 1.29 is 0 Å². The quantitative estimate of drug-likeness (QED) is 0.664. The lowest BCUT2D eigenvalue weighted by Gasteiger charge is -2.16. The van der Waals surface area contributed by atoms with Gasteiger partial charge in [0.15, 0.2) is 0 Å². The van der Waals surface area contributed by atoms with Crippen LogP contribution >= 0.6 is 11.6 Å². The Morgan fingerprint density at radius 2 is 1.81 bits per heavy atom. The van der Waals surface area contributed by atoms with Gasteiger partial charge in [-0.25, -0.2) is 0 Å². The van der Waals surface area contributed by atoms with Crippen LogP contribution in [0, 0.1) is 12.8 Å². The highest BCUT2D eigenvalue weighted by Gasteiger charge is 2.22. The monoisotopic (exact) mass is 236 g/mol. The van der Waals surface area contributed by atoms with Crippen molar-refractivity contribution in [2.24, 2.45) is 5.92 Å². The normalized spacial score (nSPS) is 18.9. The van der Waals surface area contributed by atoms with E-state index in [2.05, 4.69) is 31.2 Å². The van der Waals surface area contributed by atoms with Gasteiger partial charge in [0, 0.05) is 5.38 Å². The van der Waals surface area contributed by atoms with Crippen LogP contribution in [0.15, 0.2) is 24.3 Å². The minimum atomic E-state index is 0.392. The molecule has 1 aliphatic carbocycles. The van der Waals surface area contributed by atoms with Gasteiger partial charge in [-0.05, 0) is 44.1 Å². The Labute approximate surface area is 104 Å². The fourth-order valence-corrected chi connectivity index (χ4v) is 2.98. The summed E-state index contributed by atoms with van der Waals surface area (Å²) in [6, 6.07) is 8.84. The average molecular weight is 237 g/mol. The zero-order valence-electron chi connectivity index (χ0n) is 10.1. The highest BCUT2D eigenvalue weighted by atomic mass is 35.5. The van der Waals surface area contributed by atoms with Gasteiger partial charge in [-0.3, -0.25) is 0 Å². The molecule has 1 aliphatic rings. The largest absolute Gasteiger partial charge is 0.123 e. The standard InChI is InChI=1S/C15H21Cl/c1-12-6-8-13(9-7-12)10-11-15(16)14-4-2-3-5-14/h6-9,14-15H,2-5,10-11H2,1H3. The van der Waals surface area contributed by atoms with Crippen molar-refractivity contribution in [1.82, 2.24) is 0 Å². The second-order valence-corrected chi connectivity index (χ2v) is 5.65. The molecule has 1 fully saturated rings. The fourth-order valence-electron chi connectivity index (χ4n) is 2.61. The van der Waals surface area contributed by atoms with Gasteiger partial charge in [-0.2, -0.15) is 0 Å². The van der Waals surface area contributed by atoms with E-state index in [9.17, 15) is 0 Å². The highest BCUT2D eigenvalue weighted by molar-refractivity contribution is 6.20. The lowest BCUT2D eigenvalue weighted by Crippen LogP contribution is -2.12. The summed E-state index contributed by atoms with van der Waals surface area (Å²) in [5.74, 6) is 0.784.